The van der Waals surface area contributed by atoms with Crippen LogP contribution in [0.3, 0.4) is 0 Å². The molecule has 2 aliphatic rings. The van der Waals surface area contributed by atoms with Crippen molar-refractivity contribution < 1.29 is 4.74 Å². The molecule has 0 aromatic heterocycles. The third-order valence-corrected chi connectivity index (χ3v) is 4.45. The molecular formula is C16H23NO. The van der Waals surface area contributed by atoms with Crippen LogP contribution in [-0.4, -0.2) is 12.6 Å². The molecule has 2 heteroatoms. The second-order valence-electron chi connectivity index (χ2n) is 5.79. The number of nitrogens with two attached hydrogens (primary N) is 1. The molecule has 1 fully saturated rings. The maximum Gasteiger partial charge on any atom is 0.120 e. The van der Waals surface area contributed by atoms with E-state index in [9.17, 15) is 0 Å². The first-order valence-corrected chi connectivity index (χ1v) is 7.33. The maximum absolute atomic E-state index is 6.12. The first kappa shape index (κ1) is 12.0. The highest BCUT2D eigenvalue weighted by molar-refractivity contribution is 5.37. The van der Waals surface area contributed by atoms with E-state index in [4.69, 9.17) is 10.5 Å². The molecule has 1 saturated carbocycles. The van der Waals surface area contributed by atoms with Crippen LogP contribution in [0.15, 0.2) is 18.2 Å². The van der Waals surface area contributed by atoms with Crippen LogP contribution in [0.4, 0.5) is 0 Å². The van der Waals surface area contributed by atoms with Gasteiger partial charge in [-0.15, -0.1) is 0 Å². The molecular weight excluding hydrogens is 222 g/mol. The van der Waals surface area contributed by atoms with Gasteiger partial charge in [0, 0.05) is 0 Å². The molecule has 2 nitrogen and oxygen atoms in total. The number of hydrogen-bond donors (Lipinski definition) is 1. The zero-order valence-corrected chi connectivity index (χ0v) is 11.0. The van der Waals surface area contributed by atoms with Gasteiger partial charge in [0.25, 0.3) is 0 Å². The number of ether oxygens (including phenoxy) is 1. The molecule has 18 heavy (non-hydrogen) atoms. The third-order valence-electron chi connectivity index (χ3n) is 4.45. The highest BCUT2D eigenvalue weighted by atomic mass is 16.5. The summed E-state index contributed by atoms with van der Waals surface area (Å²) in [5.74, 6) is 1.74. The summed E-state index contributed by atoms with van der Waals surface area (Å²) in [4.78, 5) is 0. The predicted molar refractivity (Wildman–Crippen MR) is 73.9 cm³/mol. The topological polar surface area (TPSA) is 35.2 Å². The minimum atomic E-state index is 0.389. The van der Waals surface area contributed by atoms with E-state index in [-0.39, 0.29) is 0 Å². The van der Waals surface area contributed by atoms with Gasteiger partial charge in [0.15, 0.2) is 0 Å². The van der Waals surface area contributed by atoms with E-state index < -0.39 is 0 Å². The van der Waals surface area contributed by atoms with Gasteiger partial charge in [-0.25, -0.2) is 0 Å². The zero-order chi connectivity index (χ0) is 12.4. The van der Waals surface area contributed by atoms with Gasteiger partial charge in [-0.05, 0) is 80.7 Å². The van der Waals surface area contributed by atoms with Crippen LogP contribution in [0.5, 0.6) is 5.75 Å². The van der Waals surface area contributed by atoms with Crippen molar-refractivity contribution in [1.29, 1.82) is 0 Å². The van der Waals surface area contributed by atoms with Gasteiger partial charge in [-0.3, -0.25) is 0 Å². The molecule has 1 aromatic carbocycles. The molecule has 1 aromatic rings. The molecule has 98 valence electrons. The molecule has 2 atom stereocenters. The Labute approximate surface area is 110 Å². The Morgan fingerprint density at radius 2 is 1.94 bits per heavy atom. The lowest BCUT2D eigenvalue weighted by atomic mass is 9.92. The Balaban J connectivity index is 1.66. The molecule has 0 radical (unpaired) electrons. The molecule has 0 heterocycles. The molecule has 0 spiro atoms. The minimum absolute atomic E-state index is 0.389. The van der Waals surface area contributed by atoms with Crippen LogP contribution in [-0.2, 0) is 12.8 Å². The monoisotopic (exact) mass is 245 g/mol. The quantitative estimate of drug-likeness (QED) is 0.888. The van der Waals surface area contributed by atoms with Gasteiger partial charge >= 0.3 is 0 Å². The first-order chi connectivity index (χ1) is 8.85. The van der Waals surface area contributed by atoms with Gasteiger partial charge in [0.2, 0.25) is 0 Å². The van der Waals surface area contributed by atoms with Crippen LogP contribution in [0.25, 0.3) is 0 Å². The Hall–Kier alpha value is -1.02. The smallest absolute Gasteiger partial charge is 0.120 e. The van der Waals surface area contributed by atoms with E-state index in [1.807, 2.05) is 0 Å². The Kier molecular flexibility index (Phi) is 3.55. The SMILES string of the molecule is NCC1CCC(Oc2ccc3c(c2)CCCC3)C1. The van der Waals surface area contributed by atoms with Crippen LogP contribution in [0.2, 0.25) is 0 Å². The summed E-state index contributed by atoms with van der Waals surface area (Å²) in [7, 11) is 0. The second-order valence-corrected chi connectivity index (χ2v) is 5.79. The standard InChI is InChI=1S/C16H23NO/c17-11-12-5-7-15(9-12)18-16-8-6-13-3-1-2-4-14(13)10-16/h6,8,10,12,15H,1-5,7,9,11,17H2. The number of aryl methyl sites for hydroxylation is 2. The van der Waals surface area contributed by atoms with Crippen molar-refractivity contribution in [2.75, 3.05) is 6.54 Å². The lowest BCUT2D eigenvalue weighted by molar-refractivity contribution is 0.204. The van der Waals surface area contributed by atoms with Crippen molar-refractivity contribution in [3.63, 3.8) is 0 Å². The number of benzene rings is 1. The lowest BCUT2D eigenvalue weighted by Gasteiger charge is -2.19. The van der Waals surface area contributed by atoms with Crippen molar-refractivity contribution in [3.8, 4) is 5.75 Å². The maximum atomic E-state index is 6.12. The summed E-state index contributed by atoms with van der Waals surface area (Å²) in [5.41, 5.74) is 8.76. The predicted octanol–water partition coefficient (Wildman–Crippen LogP) is 3.07. The fourth-order valence-electron chi connectivity index (χ4n) is 3.33. The van der Waals surface area contributed by atoms with E-state index in [1.54, 1.807) is 0 Å². The Morgan fingerprint density at radius 1 is 1.11 bits per heavy atom. The van der Waals surface area contributed by atoms with E-state index in [0.29, 0.717) is 12.0 Å². The normalized spacial score (nSPS) is 26.9. The fraction of sp³-hybridized carbons (Fsp3) is 0.625. The number of hydrogen-bond acceptors (Lipinski definition) is 2. The van der Waals surface area contributed by atoms with Crippen LogP contribution >= 0.6 is 0 Å². The first-order valence-electron chi connectivity index (χ1n) is 7.33. The molecule has 0 bridgehead atoms. The van der Waals surface area contributed by atoms with Crippen LogP contribution < -0.4 is 10.5 Å². The molecule has 2 N–H and O–H groups in total. The van der Waals surface area contributed by atoms with E-state index in [1.165, 1.54) is 49.7 Å². The summed E-state index contributed by atoms with van der Waals surface area (Å²) < 4.78 is 6.12. The van der Waals surface area contributed by atoms with Crippen molar-refractivity contribution >= 4 is 0 Å². The van der Waals surface area contributed by atoms with Crippen molar-refractivity contribution in [1.82, 2.24) is 0 Å². The van der Waals surface area contributed by atoms with E-state index in [0.717, 1.165) is 18.7 Å². The summed E-state index contributed by atoms with van der Waals surface area (Å²) >= 11 is 0. The van der Waals surface area contributed by atoms with Crippen LogP contribution in [0.1, 0.15) is 43.2 Å². The van der Waals surface area contributed by atoms with Gasteiger partial charge in [0.1, 0.15) is 5.75 Å². The molecule has 0 saturated heterocycles. The van der Waals surface area contributed by atoms with Crippen molar-refractivity contribution in [2.45, 2.75) is 51.0 Å². The molecule has 0 amide bonds. The lowest BCUT2D eigenvalue weighted by Crippen LogP contribution is -2.16. The number of fused-ring (bicyclic) bond motifs is 1. The number of rotatable bonds is 3. The minimum Gasteiger partial charge on any atom is -0.490 e. The molecule has 2 aliphatic carbocycles. The van der Waals surface area contributed by atoms with Crippen LogP contribution in [0, 0.1) is 5.92 Å². The Morgan fingerprint density at radius 3 is 2.72 bits per heavy atom. The summed E-state index contributed by atoms with van der Waals surface area (Å²) in [6.07, 6.45) is 9.05. The van der Waals surface area contributed by atoms with Crippen molar-refractivity contribution in [3.05, 3.63) is 29.3 Å². The second kappa shape index (κ2) is 5.31. The molecule has 2 unspecified atom stereocenters. The highest BCUT2D eigenvalue weighted by Gasteiger charge is 2.25. The largest absolute Gasteiger partial charge is 0.490 e. The van der Waals surface area contributed by atoms with Gasteiger partial charge in [0.05, 0.1) is 6.10 Å². The van der Waals surface area contributed by atoms with Gasteiger partial charge in [-0.1, -0.05) is 6.07 Å². The molecule has 0 aliphatic heterocycles. The summed E-state index contributed by atoms with van der Waals surface area (Å²) in [5, 5.41) is 0. The van der Waals surface area contributed by atoms with E-state index in [2.05, 4.69) is 18.2 Å². The summed E-state index contributed by atoms with van der Waals surface area (Å²) in [6.45, 7) is 0.810. The Bertz CT molecular complexity index is 416. The fourth-order valence-corrected chi connectivity index (χ4v) is 3.33. The van der Waals surface area contributed by atoms with E-state index >= 15 is 0 Å². The third kappa shape index (κ3) is 2.54. The average molecular weight is 245 g/mol. The average Bonchev–Trinajstić information content (AvgIpc) is 2.86. The summed E-state index contributed by atoms with van der Waals surface area (Å²) in [6, 6.07) is 6.68. The highest BCUT2D eigenvalue weighted by Crippen LogP contribution is 2.30. The molecule has 3 rings (SSSR count). The van der Waals surface area contributed by atoms with Crippen molar-refractivity contribution in [2.24, 2.45) is 11.7 Å². The van der Waals surface area contributed by atoms with Gasteiger partial charge in [-0.2, -0.15) is 0 Å². The zero-order valence-electron chi connectivity index (χ0n) is 11.0. The van der Waals surface area contributed by atoms with Gasteiger partial charge < -0.3 is 10.5 Å².